The third-order valence-corrected chi connectivity index (χ3v) is 4.20. The molecule has 0 atom stereocenters. The van der Waals surface area contributed by atoms with Crippen molar-refractivity contribution < 1.29 is 17.9 Å². The lowest BCUT2D eigenvalue weighted by molar-refractivity contribution is -0.122. The fourth-order valence-electron chi connectivity index (χ4n) is 1.53. The van der Waals surface area contributed by atoms with Gasteiger partial charge in [0.2, 0.25) is 10.0 Å². The Morgan fingerprint density at radius 1 is 1.33 bits per heavy atom. The molecule has 118 valence electrons. The SMILES string of the molecule is CNC(=O)COc1ccc(S(=O)(=O)NCC(C)C)cc1C. The van der Waals surface area contributed by atoms with Crippen molar-refractivity contribution in [1.82, 2.24) is 10.0 Å². The Balaban J connectivity index is 2.84. The second-order valence-electron chi connectivity index (χ2n) is 5.13. The summed E-state index contributed by atoms with van der Waals surface area (Å²) in [5.41, 5.74) is 0.659. The van der Waals surface area contributed by atoms with Gasteiger partial charge in [0.1, 0.15) is 5.75 Å². The topological polar surface area (TPSA) is 84.5 Å². The number of hydrogen-bond donors (Lipinski definition) is 2. The molecule has 0 aromatic heterocycles. The standard InChI is InChI=1S/C14H22N2O4S/c1-10(2)8-16-21(18,19)12-5-6-13(11(3)7-12)20-9-14(17)15-4/h5-7,10,16H,8-9H2,1-4H3,(H,15,17). The summed E-state index contributed by atoms with van der Waals surface area (Å²) in [4.78, 5) is 11.3. The van der Waals surface area contributed by atoms with E-state index in [0.29, 0.717) is 17.9 Å². The molecule has 0 heterocycles. The maximum atomic E-state index is 12.1. The zero-order chi connectivity index (χ0) is 16.0. The fourth-order valence-corrected chi connectivity index (χ4v) is 2.82. The van der Waals surface area contributed by atoms with E-state index in [4.69, 9.17) is 4.74 Å². The smallest absolute Gasteiger partial charge is 0.257 e. The van der Waals surface area contributed by atoms with Crippen molar-refractivity contribution in [2.75, 3.05) is 20.2 Å². The van der Waals surface area contributed by atoms with Crippen molar-refractivity contribution in [3.05, 3.63) is 23.8 Å². The van der Waals surface area contributed by atoms with Crippen LogP contribution in [0.2, 0.25) is 0 Å². The van der Waals surface area contributed by atoms with Gasteiger partial charge in [-0.15, -0.1) is 0 Å². The molecule has 7 heteroatoms. The van der Waals surface area contributed by atoms with Crippen LogP contribution in [0.1, 0.15) is 19.4 Å². The fraction of sp³-hybridized carbons (Fsp3) is 0.500. The third kappa shape index (κ3) is 5.35. The van der Waals surface area contributed by atoms with Crippen LogP contribution in [-0.2, 0) is 14.8 Å². The minimum Gasteiger partial charge on any atom is -0.484 e. The zero-order valence-electron chi connectivity index (χ0n) is 12.8. The Kier molecular flexibility index (Phi) is 6.17. The van der Waals surface area contributed by atoms with E-state index in [1.54, 1.807) is 13.0 Å². The van der Waals surface area contributed by atoms with Crippen LogP contribution in [0.25, 0.3) is 0 Å². The molecular formula is C14H22N2O4S. The summed E-state index contributed by atoms with van der Waals surface area (Å²) < 4.78 is 32.1. The van der Waals surface area contributed by atoms with Gasteiger partial charge in [0.15, 0.2) is 6.61 Å². The van der Waals surface area contributed by atoms with Crippen LogP contribution in [0, 0.1) is 12.8 Å². The van der Waals surface area contributed by atoms with E-state index >= 15 is 0 Å². The number of carbonyl (C=O) groups excluding carboxylic acids is 1. The summed E-state index contributed by atoms with van der Waals surface area (Å²) in [6, 6.07) is 4.55. The normalized spacial score (nSPS) is 11.5. The summed E-state index contributed by atoms with van der Waals surface area (Å²) in [7, 11) is -1.99. The highest BCUT2D eigenvalue weighted by molar-refractivity contribution is 7.89. The molecule has 1 amide bonds. The van der Waals surface area contributed by atoms with Crippen molar-refractivity contribution in [2.45, 2.75) is 25.7 Å². The lowest BCUT2D eigenvalue weighted by atomic mass is 10.2. The van der Waals surface area contributed by atoms with Crippen molar-refractivity contribution in [3.8, 4) is 5.75 Å². The van der Waals surface area contributed by atoms with E-state index in [2.05, 4.69) is 10.0 Å². The van der Waals surface area contributed by atoms with Crippen molar-refractivity contribution in [2.24, 2.45) is 5.92 Å². The number of carbonyl (C=O) groups is 1. The molecule has 1 rings (SSSR count). The maximum absolute atomic E-state index is 12.1. The molecule has 0 saturated carbocycles. The van der Waals surface area contributed by atoms with Gasteiger partial charge in [0.25, 0.3) is 5.91 Å². The van der Waals surface area contributed by atoms with Crippen molar-refractivity contribution in [3.63, 3.8) is 0 Å². The number of likely N-dealkylation sites (N-methyl/N-ethyl adjacent to an activating group) is 1. The molecule has 6 nitrogen and oxygen atoms in total. The van der Waals surface area contributed by atoms with Crippen LogP contribution in [0.5, 0.6) is 5.75 Å². The lowest BCUT2D eigenvalue weighted by Gasteiger charge is -2.12. The first-order chi connectivity index (χ1) is 9.76. The van der Waals surface area contributed by atoms with Crippen LogP contribution in [-0.4, -0.2) is 34.5 Å². The summed E-state index contributed by atoms with van der Waals surface area (Å²) in [5, 5.41) is 2.45. The Hall–Kier alpha value is -1.60. The summed E-state index contributed by atoms with van der Waals surface area (Å²) in [5.74, 6) is 0.474. The quantitative estimate of drug-likeness (QED) is 0.788. The number of benzene rings is 1. The van der Waals surface area contributed by atoms with Gasteiger partial charge in [-0.2, -0.15) is 0 Å². The third-order valence-electron chi connectivity index (χ3n) is 2.78. The van der Waals surface area contributed by atoms with Gasteiger partial charge in [-0.05, 0) is 36.6 Å². The average Bonchev–Trinajstić information content (AvgIpc) is 2.43. The molecule has 0 saturated heterocycles. The predicted molar refractivity (Wildman–Crippen MR) is 80.8 cm³/mol. The van der Waals surface area contributed by atoms with Gasteiger partial charge in [-0.25, -0.2) is 13.1 Å². The molecule has 1 aromatic rings. The Labute approximate surface area is 125 Å². The van der Waals surface area contributed by atoms with E-state index in [1.165, 1.54) is 19.2 Å². The number of amides is 1. The highest BCUT2D eigenvalue weighted by Gasteiger charge is 2.15. The van der Waals surface area contributed by atoms with Crippen molar-refractivity contribution in [1.29, 1.82) is 0 Å². The molecule has 21 heavy (non-hydrogen) atoms. The lowest BCUT2D eigenvalue weighted by Crippen LogP contribution is -2.27. The zero-order valence-corrected chi connectivity index (χ0v) is 13.6. The van der Waals surface area contributed by atoms with E-state index < -0.39 is 10.0 Å². The van der Waals surface area contributed by atoms with Crippen LogP contribution in [0.4, 0.5) is 0 Å². The van der Waals surface area contributed by atoms with Crippen molar-refractivity contribution >= 4 is 15.9 Å². The van der Waals surface area contributed by atoms with Gasteiger partial charge < -0.3 is 10.1 Å². The van der Waals surface area contributed by atoms with E-state index in [1.807, 2.05) is 13.8 Å². The van der Waals surface area contributed by atoms with E-state index in [9.17, 15) is 13.2 Å². The molecule has 0 aliphatic carbocycles. The first-order valence-corrected chi connectivity index (χ1v) is 8.18. The second-order valence-corrected chi connectivity index (χ2v) is 6.90. The molecule has 0 spiro atoms. The van der Waals surface area contributed by atoms with Gasteiger partial charge in [-0.3, -0.25) is 4.79 Å². The minimum absolute atomic E-state index is 0.102. The molecule has 0 aliphatic rings. The molecule has 1 aromatic carbocycles. The monoisotopic (exact) mass is 314 g/mol. The highest BCUT2D eigenvalue weighted by Crippen LogP contribution is 2.21. The molecule has 0 aliphatic heterocycles. The number of aryl methyl sites for hydroxylation is 1. The first kappa shape index (κ1) is 17.5. The summed E-state index contributed by atoms with van der Waals surface area (Å²) in [6.07, 6.45) is 0. The van der Waals surface area contributed by atoms with Crippen LogP contribution in [0.15, 0.2) is 23.1 Å². The Morgan fingerprint density at radius 3 is 2.52 bits per heavy atom. The predicted octanol–water partition coefficient (Wildman–Crippen LogP) is 1.05. The van der Waals surface area contributed by atoms with Gasteiger partial charge in [-0.1, -0.05) is 13.8 Å². The number of hydrogen-bond acceptors (Lipinski definition) is 4. The van der Waals surface area contributed by atoms with Gasteiger partial charge in [0.05, 0.1) is 4.90 Å². The summed E-state index contributed by atoms with van der Waals surface area (Å²) >= 11 is 0. The largest absolute Gasteiger partial charge is 0.484 e. The molecular weight excluding hydrogens is 292 g/mol. The number of sulfonamides is 1. The van der Waals surface area contributed by atoms with Crippen LogP contribution in [0.3, 0.4) is 0 Å². The van der Waals surface area contributed by atoms with Gasteiger partial charge >= 0.3 is 0 Å². The Morgan fingerprint density at radius 2 is 2.00 bits per heavy atom. The molecule has 0 fully saturated rings. The van der Waals surface area contributed by atoms with Crippen LogP contribution >= 0.6 is 0 Å². The van der Waals surface area contributed by atoms with E-state index in [-0.39, 0.29) is 23.3 Å². The molecule has 0 bridgehead atoms. The minimum atomic E-state index is -3.52. The van der Waals surface area contributed by atoms with Crippen LogP contribution < -0.4 is 14.8 Å². The molecule has 0 unspecified atom stereocenters. The van der Waals surface area contributed by atoms with Gasteiger partial charge in [0, 0.05) is 13.6 Å². The van der Waals surface area contributed by atoms with E-state index in [0.717, 1.165) is 0 Å². The first-order valence-electron chi connectivity index (χ1n) is 6.70. The number of nitrogens with one attached hydrogen (secondary N) is 2. The summed E-state index contributed by atoms with van der Waals surface area (Å²) in [6.45, 7) is 5.89. The second kappa shape index (κ2) is 7.42. The average molecular weight is 314 g/mol. The maximum Gasteiger partial charge on any atom is 0.257 e. The Bertz CT molecular complexity index is 597. The molecule has 2 N–H and O–H groups in total. The number of ether oxygens (including phenoxy) is 1. The highest BCUT2D eigenvalue weighted by atomic mass is 32.2. The number of rotatable bonds is 7. The molecule has 0 radical (unpaired) electrons.